The molecule has 0 aliphatic heterocycles. The van der Waals surface area contributed by atoms with Gasteiger partial charge >= 0.3 is 5.97 Å². The van der Waals surface area contributed by atoms with E-state index in [1.165, 1.54) is 0 Å². The number of amides is 1. The summed E-state index contributed by atoms with van der Waals surface area (Å²) in [5, 5.41) is 9.98. The first kappa shape index (κ1) is 10.2. The number of carbonyl (C=O) groups excluding carboxylic acids is 2. The van der Waals surface area contributed by atoms with E-state index in [0.29, 0.717) is 0 Å². The van der Waals surface area contributed by atoms with Crippen molar-refractivity contribution in [3.8, 4) is 0 Å². The molecule has 0 atom stereocenters. The fraction of sp³-hybridized carbons (Fsp3) is 0. The maximum Gasteiger partial charge on any atom is 0.379 e. The fourth-order valence-corrected chi connectivity index (χ4v) is 0.456. The van der Waals surface area contributed by atoms with Crippen LogP contribution in [0.3, 0.4) is 0 Å². The topological polar surface area (TPSA) is 102 Å². The van der Waals surface area contributed by atoms with Crippen molar-refractivity contribution >= 4 is 11.9 Å². The van der Waals surface area contributed by atoms with Crippen molar-refractivity contribution in [3.05, 3.63) is 24.6 Å². The standard InChI is InChI=1S/C6H8N2O4/c1-2-8-5(9)4(3-7)6(10)12-11/h2-3,11H,1,7H2,(H,8,9)/b4-3+. The van der Waals surface area contributed by atoms with Crippen LogP contribution in [0.15, 0.2) is 24.6 Å². The lowest BCUT2D eigenvalue weighted by Crippen LogP contribution is -2.25. The van der Waals surface area contributed by atoms with Gasteiger partial charge in [-0.15, -0.1) is 0 Å². The van der Waals surface area contributed by atoms with Crippen molar-refractivity contribution in [1.82, 2.24) is 5.32 Å². The van der Waals surface area contributed by atoms with E-state index in [2.05, 4.69) is 16.8 Å². The number of hydrogen-bond acceptors (Lipinski definition) is 5. The molecule has 1 amide bonds. The molecule has 0 rings (SSSR count). The molecule has 12 heavy (non-hydrogen) atoms. The lowest BCUT2D eigenvalue weighted by Gasteiger charge is -1.99. The summed E-state index contributed by atoms with van der Waals surface area (Å²) in [6, 6.07) is 0. The third-order valence-electron chi connectivity index (χ3n) is 0.947. The summed E-state index contributed by atoms with van der Waals surface area (Å²) in [5.74, 6) is -2.02. The molecule has 6 nitrogen and oxygen atoms in total. The van der Waals surface area contributed by atoms with Crippen molar-refractivity contribution in [1.29, 1.82) is 0 Å². The first-order chi connectivity index (χ1) is 5.67. The molecule has 0 fully saturated rings. The molecule has 0 aromatic carbocycles. The summed E-state index contributed by atoms with van der Waals surface area (Å²) in [4.78, 5) is 24.7. The van der Waals surface area contributed by atoms with Gasteiger partial charge in [0, 0.05) is 6.20 Å². The minimum atomic E-state index is -1.23. The lowest BCUT2D eigenvalue weighted by molar-refractivity contribution is -0.229. The first-order valence-electron chi connectivity index (χ1n) is 2.86. The van der Waals surface area contributed by atoms with E-state index in [9.17, 15) is 9.59 Å². The minimum Gasteiger partial charge on any atom is -0.404 e. The minimum absolute atomic E-state index is 0.502. The van der Waals surface area contributed by atoms with Crippen LogP contribution in [0.5, 0.6) is 0 Å². The molecule has 0 radical (unpaired) electrons. The van der Waals surface area contributed by atoms with Crippen LogP contribution in [0.25, 0.3) is 0 Å². The Morgan fingerprint density at radius 3 is 2.50 bits per heavy atom. The number of carbonyl (C=O) groups is 2. The van der Waals surface area contributed by atoms with Gasteiger partial charge in [-0.25, -0.2) is 4.79 Å². The molecule has 0 aliphatic carbocycles. The number of hydrogen-bond donors (Lipinski definition) is 3. The summed E-state index contributed by atoms with van der Waals surface area (Å²) in [6.45, 7) is 3.19. The average molecular weight is 172 g/mol. The third kappa shape index (κ3) is 2.43. The summed E-state index contributed by atoms with van der Waals surface area (Å²) >= 11 is 0. The summed E-state index contributed by atoms with van der Waals surface area (Å²) in [6.07, 6.45) is 1.79. The largest absolute Gasteiger partial charge is 0.404 e. The van der Waals surface area contributed by atoms with Crippen LogP contribution in [0.4, 0.5) is 0 Å². The molecule has 0 heterocycles. The molecule has 4 N–H and O–H groups in total. The number of nitrogens with two attached hydrogens (primary N) is 1. The van der Waals surface area contributed by atoms with Crippen molar-refractivity contribution in [3.63, 3.8) is 0 Å². The van der Waals surface area contributed by atoms with Crippen molar-refractivity contribution in [2.24, 2.45) is 5.73 Å². The van der Waals surface area contributed by atoms with E-state index >= 15 is 0 Å². The van der Waals surface area contributed by atoms with E-state index in [1.54, 1.807) is 0 Å². The normalized spacial score (nSPS) is 10.2. The Labute approximate surface area is 68.2 Å². The highest BCUT2D eigenvalue weighted by atomic mass is 17.1. The highest BCUT2D eigenvalue weighted by Gasteiger charge is 2.18. The smallest absolute Gasteiger partial charge is 0.379 e. The third-order valence-corrected chi connectivity index (χ3v) is 0.947. The Hall–Kier alpha value is -1.82. The van der Waals surface area contributed by atoms with Crippen LogP contribution in [0.2, 0.25) is 0 Å². The van der Waals surface area contributed by atoms with Gasteiger partial charge in [0.05, 0.1) is 0 Å². The molecule has 66 valence electrons. The zero-order valence-electron chi connectivity index (χ0n) is 6.11. The summed E-state index contributed by atoms with van der Waals surface area (Å²) in [5.41, 5.74) is 4.41. The van der Waals surface area contributed by atoms with E-state index in [-0.39, 0.29) is 0 Å². The highest BCUT2D eigenvalue weighted by molar-refractivity contribution is 6.16. The maximum atomic E-state index is 10.8. The number of rotatable bonds is 3. The molecule has 0 unspecified atom stereocenters. The van der Waals surface area contributed by atoms with Crippen molar-refractivity contribution < 1.29 is 19.7 Å². The number of nitrogens with one attached hydrogen (secondary N) is 1. The SMILES string of the molecule is C=CNC(=O)/C(=C\N)C(=O)OO. The van der Waals surface area contributed by atoms with Gasteiger partial charge in [0.2, 0.25) is 0 Å². The molecule has 0 aromatic heterocycles. The molecule has 0 aromatic rings. The van der Waals surface area contributed by atoms with Gasteiger partial charge in [-0.1, -0.05) is 6.58 Å². The van der Waals surface area contributed by atoms with Gasteiger partial charge in [0.15, 0.2) is 0 Å². The Morgan fingerprint density at radius 2 is 2.17 bits per heavy atom. The van der Waals surface area contributed by atoms with Crippen molar-refractivity contribution in [2.75, 3.05) is 0 Å². The molecule has 0 aliphatic rings. The molecular weight excluding hydrogens is 164 g/mol. The van der Waals surface area contributed by atoms with Crippen LogP contribution in [0, 0.1) is 0 Å². The Bertz CT molecular complexity index is 234. The maximum absolute atomic E-state index is 10.8. The van der Waals surface area contributed by atoms with Gasteiger partial charge in [-0.2, -0.15) is 5.26 Å². The van der Waals surface area contributed by atoms with Crippen LogP contribution in [0.1, 0.15) is 0 Å². The van der Waals surface area contributed by atoms with Crippen LogP contribution in [-0.4, -0.2) is 17.1 Å². The Morgan fingerprint density at radius 1 is 1.58 bits per heavy atom. The van der Waals surface area contributed by atoms with Crippen LogP contribution in [-0.2, 0) is 14.5 Å². The van der Waals surface area contributed by atoms with E-state index < -0.39 is 17.4 Å². The van der Waals surface area contributed by atoms with Gasteiger partial charge in [0.25, 0.3) is 5.91 Å². The molecule has 0 saturated carbocycles. The second-order valence-electron chi connectivity index (χ2n) is 1.64. The predicted molar refractivity (Wildman–Crippen MR) is 39.3 cm³/mol. The zero-order valence-corrected chi connectivity index (χ0v) is 6.11. The molecular formula is C6H8N2O4. The van der Waals surface area contributed by atoms with E-state index in [1.807, 2.05) is 0 Å². The van der Waals surface area contributed by atoms with Gasteiger partial charge in [0.1, 0.15) is 5.57 Å². The predicted octanol–water partition coefficient (Wildman–Crippen LogP) is -0.895. The average Bonchev–Trinajstić information content (AvgIpc) is 2.06. The molecule has 6 heteroatoms. The Balaban J connectivity index is 4.47. The van der Waals surface area contributed by atoms with E-state index in [0.717, 1.165) is 12.4 Å². The fourth-order valence-electron chi connectivity index (χ4n) is 0.456. The quantitative estimate of drug-likeness (QED) is 0.168. The molecule has 0 saturated heterocycles. The first-order valence-corrected chi connectivity index (χ1v) is 2.86. The second-order valence-corrected chi connectivity index (χ2v) is 1.64. The summed E-state index contributed by atoms with van der Waals surface area (Å²) in [7, 11) is 0. The van der Waals surface area contributed by atoms with Gasteiger partial charge in [-0.05, 0) is 6.20 Å². The van der Waals surface area contributed by atoms with Gasteiger partial charge < -0.3 is 11.1 Å². The van der Waals surface area contributed by atoms with Crippen LogP contribution >= 0.6 is 0 Å². The van der Waals surface area contributed by atoms with Crippen molar-refractivity contribution in [2.45, 2.75) is 0 Å². The van der Waals surface area contributed by atoms with E-state index in [4.69, 9.17) is 11.0 Å². The van der Waals surface area contributed by atoms with Crippen LogP contribution < -0.4 is 11.1 Å². The lowest BCUT2D eigenvalue weighted by atomic mass is 10.3. The second kappa shape index (κ2) is 4.91. The highest BCUT2D eigenvalue weighted by Crippen LogP contribution is 1.94. The monoisotopic (exact) mass is 172 g/mol. The molecule has 0 bridgehead atoms. The zero-order chi connectivity index (χ0) is 9.56. The summed E-state index contributed by atoms with van der Waals surface area (Å²) < 4.78 is 0. The van der Waals surface area contributed by atoms with Gasteiger partial charge in [-0.3, -0.25) is 9.68 Å². The Kier molecular flexibility index (Phi) is 4.17. The molecule has 0 spiro atoms.